The molecule has 0 radical (unpaired) electrons. The van der Waals surface area contributed by atoms with E-state index in [4.69, 9.17) is 9.47 Å². The van der Waals surface area contributed by atoms with Crippen molar-refractivity contribution in [1.29, 1.82) is 0 Å². The number of ether oxygens (including phenoxy) is 2. The van der Waals surface area contributed by atoms with Crippen molar-refractivity contribution < 1.29 is 9.47 Å². The monoisotopic (exact) mass is 293 g/mol. The summed E-state index contributed by atoms with van der Waals surface area (Å²) in [4.78, 5) is 4.40. The van der Waals surface area contributed by atoms with Crippen LogP contribution in [0.1, 0.15) is 19.7 Å². The Morgan fingerprint density at radius 3 is 2.65 bits per heavy atom. The maximum absolute atomic E-state index is 5.60. The van der Waals surface area contributed by atoms with Crippen LogP contribution in [-0.4, -0.2) is 29.2 Å². The first kappa shape index (κ1) is 14.7. The van der Waals surface area contributed by atoms with Crippen molar-refractivity contribution >= 4 is 22.4 Å². The standard InChI is InChI=1S/C14H19N3O2S/c1-10(2)19-12-6-4-11(5-7-12)15-14-16-13(17-20-14)8-9-18-3/h4-7,10H,8-9H2,1-3H3,(H,15,16,17). The van der Waals surface area contributed by atoms with E-state index in [1.807, 2.05) is 38.1 Å². The fourth-order valence-electron chi connectivity index (χ4n) is 1.61. The number of aromatic nitrogens is 2. The Bertz CT molecular complexity index is 525. The van der Waals surface area contributed by atoms with Crippen LogP contribution in [0.15, 0.2) is 24.3 Å². The second kappa shape index (κ2) is 7.21. The number of benzene rings is 1. The van der Waals surface area contributed by atoms with Crippen molar-refractivity contribution in [2.45, 2.75) is 26.4 Å². The van der Waals surface area contributed by atoms with Gasteiger partial charge in [-0.05, 0) is 38.1 Å². The molecule has 1 N–H and O–H groups in total. The Labute approximate surface area is 123 Å². The zero-order valence-electron chi connectivity index (χ0n) is 11.9. The summed E-state index contributed by atoms with van der Waals surface area (Å²) in [6.07, 6.45) is 0.913. The van der Waals surface area contributed by atoms with Gasteiger partial charge in [0.25, 0.3) is 0 Å². The Hall–Kier alpha value is -1.66. The van der Waals surface area contributed by atoms with E-state index in [-0.39, 0.29) is 6.10 Å². The van der Waals surface area contributed by atoms with E-state index in [1.54, 1.807) is 7.11 Å². The summed E-state index contributed by atoms with van der Waals surface area (Å²) in [5.41, 5.74) is 0.968. The lowest BCUT2D eigenvalue weighted by Crippen LogP contribution is -2.05. The van der Waals surface area contributed by atoms with Gasteiger partial charge in [0.05, 0.1) is 12.7 Å². The first-order valence-corrected chi connectivity index (χ1v) is 7.30. The smallest absolute Gasteiger partial charge is 0.207 e. The molecule has 108 valence electrons. The molecule has 0 fully saturated rings. The molecule has 1 aromatic carbocycles. The summed E-state index contributed by atoms with van der Waals surface area (Å²) in [6.45, 7) is 4.65. The van der Waals surface area contributed by atoms with Crippen molar-refractivity contribution in [3.05, 3.63) is 30.1 Å². The van der Waals surface area contributed by atoms with Crippen molar-refractivity contribution in [1.82, 2.24) is 9.36 Å². The molecule has 0 spiro atoms. The van der Waals surface area contributed by atoms with Gasteiger partial charge >= 0.3 is 0 Å². The van der Waals surface area contributed by atoms with Crippen molar-refractivity contribution in [3.63, 3.8) is 0 Å². The molecule has 0 saturated heterocycles. The van der Waals surface area contributed by atoms with E-state index < -0.39 is 0 Å². The molecule has 6 heteroatoms. The van der Waals surface area contributed by atoms with Gasteiger partial charge in [-0.25, -0.2) is 4.98 Å². The van der Waals surface area contributed by atoms with E-state index in [2.05, 4.69) is 14.7 Å². The maximum atomic E-state index is 5.60. The predicted molar refractivity (Wildman–Crippen MR) is 81.0 cm³/mol. The highest BCUT2D eigenvalue weighted by molar-refractivity contribution is 7.09. The van der Waals surface area contributed by atoms with Crippen LogP contribution >= 0.6 is 11.5 Å². The number of methoxy groups -OCH3 is 1. The molecule has 20 heavy (non-hydrogen) atoms. The molecular formula is C14H19N3O2S. The van der Waals surface area contributed by atoms with Gasteiger partial charge in [-0.2, -0.15) is 4.37 Å². The summed E-state index contributed by atoms with van der Waals surface area (Å²) in [7, 11) is 1.67. The second-order valence-electron chi connectivity index (χ2n) is 4.57. The molecule has 5 nitrogen and oxygen atoms in total. The lowest BCUT2D eigenvalue weighted by molar-refractivity contribution is 0.201. The summed E-state index contributed by atoms with van der Waals surface area (Å²) >= 11 is 1.35. The number of nitrogens with one attached hydrogen (secondary N) is 1. The number of hydrogen-bond acceptors (Lipinski definition) is 6. The van der Waals surface area contributed by atoms with Gasteiger partial charge in [-0.15, -0.1) is 0 Å². The van der Waals surface area contributed by atoms with Gasteiger partial charge in [-0.3, -0.25) is 0 Å². The summed E-state index contributed by atoms with van der Waals surface area (Å²) in [5, 5.41) is 4.02. The zero-order valence-corrected chi connectivity index (χ0v) is 12.7. The van der Waals surface area contributed by atoms with Gasteiger partial charge in [0, 0.05) is 30.8 Å². The fourth-order valence-corrected chi connectivity index (χ4v) is 2.25. The highest BCUT2D eigenvalue weighted by atomic mass is 32.1. The minimum atomic E-state index is 0.181. The largest absolute Gasteiger partial charge is 0.491 e. The first-order chi connectivity index (χ1) is 9.67. The topological polar surface area (TPSA) is 56.3 Å². The molecule has 0 atom stereocenters. The number of nitrogens with zero attached hydrogens (tertiary/aromatic N) is 2. The van der Waals surface area contributed by atoms with E-state index in [1.165, 1.54) is 11.5 Å². The SMILES string of the molecule is COCCc1nsc(Nc2ccc(OC(C)C)cc2)n1. The molecule has 0 bridgehead atoms. The minimum absolute atomic E-state index is 0.181. The van der Waals surface area contributed by atoms with Crippen LogP contribution in [-0.2, 0) is 11.2 Å². The third kappa shape index (κ3) is 4.47. The van der Waals surface area contributed by atoms with Crippen LogP contribution in [0.5, 0.6) is 5.75 Å². The van der Waals surface area contributed by atoms with Crippen LogP contribution in [0, 0.1) is 0 Å². The average molecular weight is 293 g/mol. The van der Waals surface area contributed by atoms with Gasteiger partial charge in [0.1, 0.15) is 11.6 Å². The van der Waals surface area contributed by atoms with Gasteiger partial charge < -0.3 is 14.8 Å². The third-order valence-electron chi connectivity index (χ3n) is 2.48. The Balaban J connectivity index is 1.94. The van der Waals surface area contributed by atoms with Crippen LogP contribution in [0.3, 0.4) is 0 Å². The van der Waals surface area contributed by atoms with Gasteiger partial charge in [-0.1, -0.05) is 0 Å². The van der Waals surface area contributed by atoms with Gasteiger partial charge in [0.2, 0.25) is 5.13 Å². The zero-order chi connectivity index (χ0) is 14.4. The molecule has 0 aliphatic carbocycles. The molecule has 2 rings (SSSR count). The number of anilines is 2. The van der Waals surface area contributed by atoms with Crippen LogP contribution < -0.4 is 10.1 Å². The van der Waals surface area contributed by atoms with E-state index >= 15 is 0 Å². The van der Waals surface area contributed by atoms with Crippen LogP contribution in [0.25, 0.3) is 0 Å². The molecular weight excluding hydrogens is 274 g/mol. The molecule has 2 aromatic rings. The molecule has 0 aliphatic heterocycles. The first-order valence-electron chi connectivity index (χ1n) is 6.52. The molecule has 0 amide bonds. The quantitative estimate of drug-likeness (QED) is 0.849. The molecule has 0 aliphatic rings. The predicted octanol–water partition coefficient (Wildman–Crippen LogP) is 3.26. The normalized spacial score (nSPS) is 10.8. The third-order valence-corrected chi connectivity index (χ3v) is 3.14. The highest BCUT2D eigenvalue weighted by Gasteiger charge is 2.04. The Morgan fingerprint density at radius 1 is 1.25 bits per heavy atom. The number of rotatable bonds is 7. The summed E-state index contributed by atoms with van der Waals surface area (Å²) < 4.78 is 14.9. The highest BCUT2D eigenvalue weighted by Crippen LogP contribution is 2.21. The molecule has 1 heterocycles. The van der Waals surface area contributed by atoms with Crippen molar-refractivity contribution in [3.8, 4) is 5.75 Å². The Morgan fingerprint density at radius 2 is 2.00 bits per heavy atom. The maximum Gasteiger partial charge on any atom is 0.207 e. The lowest BCUT2D eigenvalue weighted by Gasteiger charge is -2.10. The molecule has 1 aromatic heterocycles. The fraction of sp³-hybridized carbons (Fsp3) is 0.429. The van der Waals surface area contributed by atoms with E-state index in [9.17, 15) is 0 Å². The number of hydrogen-bond donors (Lipinski definition) is 1. The molecule has 0 saturated carbocycles. The molecule has 0 unspecified atom stereocenters. The van der Waals surface area contributed by atoms with Crippen LogP contribution in [0.2, 0.25) is 0 Å². The summed E-state index contributed by atoms with van der Waals surface area (Å²) in [5.74, 6) is 1.67. The minimum Gasteiger partial charge on any atom is -0.491 e. The average Bonchev–Trinajstić information content (AvgIpc) is 2.86. The Kier molecular flexibility index (Phi) is 5.31. The van der Waals surface area contributed by atoms with E-state index in [0.29, 0.717) is 6.61 Å². The van der Waals surface area contributed by atoms with Crippen LogP contribution in [0.4, 0.5) is 10.8 Å². The second-order valence-corrected chi connectivity index (χ2v) is 5.33. The van der Waals surface area contributed by atoms with Gasteiger partial charge in [0.15, 0.2) is 0 Å². The van der Waals surface area contributed by atoms with Crippen molar-refractivity contribution in [2.75, 3.05) is 19.0 Å². The lowest BCUT2D eigenvalue weighted by atomic mass is 10.3. The summed E-state index contributed by atoms with van der Waals surface area (Å²) in [6, 6.07) is 7.81. The van der Waals surface area contributed by atoms with Crippen molar-refractivity contribution in [2.24, 2.45) is 0 Å². The van der Waals surface area contributed by atoms with E-state index in [0.717, 1.165) is 28.8 Å².